The summed E-state index contributed by atoms with van der Waals surface area (Å²) in [5.74, 6) is 0.913. The molecule has 96 valence electrons. The van der Waals surface area contributed by atoms with Crippen molar-refractivity contribution in [2.24, 2.45) is 0 Å². The molecule has 0 saturated heterocycles. The predicted octanol–water partition coefficient (Wildman–Crippen LogP) is 2.66. The molecule has 0 heterocycles. The molecule has 0 unspecified atom stereocenters. The fourth-order valence-electron chi connectivity index (χ4n) is 1.75. The number of ether oxygens (including phenoxy) is 1. The van der Waals surface area contributed by atoms with Gasteiger partial charge in [0.25, 0.3) is 0 Å². The van der Waals surface area contributed by atoms with Crippen LogP contribution in [0.2, 0.25) is 0 Å². The number of methoxy groups -OCH3 is 1. The van der Waals surface area contributed by atoms with Crippen LogP contribution in [0.15, 0.2) is 22.7 Å². The molecule has 0 aliphatic rings. The second-order valence-corrected chi connectivity index (χ2v) is 4.82. The summed E-state index contributed by atoms with van der Waals surface area (Å²) >= 11 is 3.48. The zero-order valence-electron chi connectivity index (χ0n) is 10.4. The molecule has 1 aromatic carbocycles. The number of rotatable bonds is 7. The van der Waals surface area contributed by atoms with Crippen molar-refractivity contribution in [1.82, 2.24) is 4.90 Å². The van der Waals surface area contributed by atoms with Gasteiger partial charge in [0.05, 0.1) is 7.11 Å². The van der Waals surface area contributed by atoms with Crippen LogP contribution >= 0.6 is 15.9 Å². The second-order valence-electron chi connectivity index (χ2n) is 3.90. The Bertz CT molecular complexity index is 344. The molecule has 0 fully saturated rings. The largest absolute Gasteiger partial charge is 0.496 e. The quantitative estimate of drug-likeness (QED) is 0.840. The molecule has 1 aromatic rings. The minimum Gasteiger partial charge on any atom is -0.496 e. The number of aliphatic hydroxyl groups is 1. The number of benzene rings is 1. The molecule has 0 bridgehead atoms. The van der Waals surface area contributed by atoms with Gasteiger partial charge in [-0.3, -0.25) is 4.90 Å². The molecular formula is C13H20BrNO2. The van der Waals surface area contributed by atoms with Gasteiger partial charge < -0.3 is 9.84 Å². The Morgan fingerprint density at radius 1 is 1.41 bits per heavy atom. The fourth-order valence-corrected chi connectivity index (χ4v) is 2.16. The number of nitrogens with zero attached hydrogens (tertiary/aromatic N) is 1. The van der Waals surface area contributed by atoms with E-state index in [1.165, 1.54) is 5.56 Å². The third-order valence-corrected chi connectivity index (χ3v) is 3.21. The summed E-state index contributed by atoms with van der Waals surface area (Å²) in [7, 11) is 1.69. The van der Waals surface area contributed by atoms with Crippen LogP contribution in [-0.2, 0) is 6.54 Å². The Morgan fingerprint density at radius 3 is 2.76 bits per heavy atom. The van der Waals surface area contributed by atoms with Gasteiger partial charge in [0.2, 0.25) is 0 Å². The first-order valence-corrected chi connectivity index (χ1v) is 6.66. The Kier molecular flexibility index (Phi) is 6.55. The zero-order valence-corrected chi connectivity index (χ0v) is 12.0. The highest BCUT2D eigenvalue weighted by atomic mass is 79.9. The first-order valence-electron chi connectivity index (χ1n) is 5.86. The molecule has 0 aliphatic heterocycles. The van der Waals surface area contributed by atoms with Crippen LogP contribution in [0.25, 0.3) is 0 Å². The highest BCUT2D eigenvalue weighted by Gasteiger charge is 2.08. The molecule has 3 nitrogen and oxygen atoms in total. The molecule has 0 amide bonds. The van der Waals surface area contributed by atoms with Crippen molar-refractivity contribution < 1.29 is 9.84 Å². The van der Waals surface area contributed by atoms with E-state index in [4.69, 9.17) is 9.84 Å². The van der Waals surface area contributed by atoms with Crippen molar-refractivity contribution in [3.63, 3.8) is 0 Å². The summed E-state index contributed by atoms with van der Waals surface area (Å²) in [4.78, 5) is 2.29. The standard InChI is InChI=1S/C13H20BrNO2/c1-3-15(7-4-8-16)10-11-9-12(14)5-6-13(11)17-2/h5-6,9,16H,3-4,7-8,10H2,1-2H3. The summed E-state index contributed by atoms with van der Waals surface area (Å²) in [5.41, 5.74) is 1.17. The van der Waals surface area contributed by atoms with Crippen LogP contribution in [0.5, 0.6) is 5.75 Å². The maximum Gasteiger partial charge on any atom is 0.123 e. The van der Waals surface area contributed by atoms with Gasteiger partial charge in [0, 0.05) is 29.7 Å². The third kappa shape index (κ3) is 4.66. The average Bonchev–Trinajstić information content (AvgIpc) is 2.34. The van der Waals surface area contributed by atoms with Gasteiger partial charge in [0.1, 0.15) is 5.75 Å². The van der Waals surface area contributed by atoms with Crippen molar-refractivity contribution >= 4 is 15.9 Å². The fraction of sp³-hybridized carbons (Fsp3) is 0.538. The lowest BCUT2D eigenvalue weighted by Gasteiger charge is -2.21. The van der Waals surface area contributed by atoms with Crippen LogP contribution in [0, 0.1) is 0 Å². The molecule has 0 radical (unpaired) electrons. The third-order valence-electron chi connectivity index (χ3n) is 2.72. The van der Waals surface area contributed by atoms with Crippen molar-refractivity contribution in [2.45, 2.75) is 19.9 Å². The van der Waals surface area contributed by atoms with Crippen molar-refractivity contribution in [1.29, 1.82) is 0 Å². The Morgan fingerprint density at radius 2 is 2.18 bits per heavy atom. The second kappa shape index (κ2) is 7.69. The number of aliphatic hydroxyl groups excluding tert-OH is 1. The van der Waals surface area contributed by atoms with Gasteiger partial charge >= 0.3 is 0 Å². The van der Waals surface area contributed by atoms with Gasteiger partial charge in [-0.25, -0.2) is 0 Å². The monoisotopic (exact) mass is 301 g/mol. The topological polar surface area (TPSA) is 32.7 Å². The van der Waals surface area contributed by atoms with Gasteiger partial charge in [-0.1, -0.05) is 22.9 Å². The lowest BCUT2D eigenvalue weighted by atomic mass is 10.2. The van der Waals surface area contributed by atoms with Crippen LogP contribution in [0.4, 0.5) is 0 Å². The van der Waals surface area contributed by atoms with E-state index in [-0.39, 0.29) is 6.61 Å². The van der Waals surface area contributed by atoms with Gasteiger partial charge in [0.15, 0.2) is 0 Å². The van der Waals surface area contributed by atoms with Crippen LogP contribution in [0.1, 0.15) is 18.9 Å². The molecule has 0 saturated carbocycles. The molecular weight excluding hydrogens is 282 g/mol. The number of hydrogen-bond donors (Lipinski definition) is 1. The first-order chi connectivity index (χ1) is 8.21. The van der Waals surface area contributed by atoms with E-state index in [1.807, 2.05) is 12.1 Å². The first kappa shape index (κ1) is 14.5. The summed E-state index contributed by atoms with van der Waals surface area (Å²) in [6.45, 7) is 5.09. The Labute approximate surface area is 112 Å². The molecule has 0 aromatic heterocycles. The highest BCUT2D eigenvalue weighted by molar-refractivity contribution is 9.10. The van der Waals surface area contributed by atoms with E-state index in [0.717, 1.165) is 36.3 Å². The van der Waals surface area contributed by atoms with E-state index in [1.54, 1.807) is 7.11 Å². The molecule has 1 N–H and O–H groups in total. The normalized spacial score (nSPS) is 10.9. The average molecular weight is 302 g/mol. The number of hydrogen-bond acceptors (Lipinski definition) is 3. The molecule has 0 spiro atoms. The van der Waals surface area contributed by atoms with Gasteiger partial charge in [-0.2, -0.15) is 0 Å². The van der Waals surface area contributed by atoms with Crippen molar-refractivity contribution in [3.8, 4) is 5.75 Å². The van der Waals surface area contributed by atoms with Gasteiger partial charge in [-0.05, 0) is 31.2 Å². The summed E-state index contributed by atoms with van der Waals surface area (Å²) < 4.78 is 6.41. The SMILES string of the molecule is CCN(CCCO)Cc1cc(Br)ccc1OC. The van der Waals surface area contributed by atoms with E-state index in [9.17, 15) is 0 Å². The minimum atomic E-state index is 0.242. The van der Waals surface area contributed by atoms with Crippen LogP contribution in [-0.4, -0.2) is 36.8 Å². The molecule has 0 atom stereocenters. The molecule has 0 aliphatic carbocycles. The van der Waals surface area contributed by atoms with Crippen molar-refractivity contribution in [2.75, 3.05) is 26.8 Å². The minimum absolute atomic E-state index is 0.242. The Hall–Kier alpha value is -0.580. The van der Waals surface area contributed by atoms with Gasteiger partial charge in [-0.15, -0.1) is 0 Å². The maximum absolute atomic E-state index is 8.86. The molecule has 4 heteroatoms. The smallest absolute Gasteiger partial charge is 0.123 e. The van der Waals surface area contributed by atoms with E-state index in [2.05, 4.69) is 33.8 Å². The van der Waals surface area contributed by atoms with E-state index >= 15 is 0 Å². The predicted molar refractivity (Wildman–Crippen MR) is 73.3 cm³/mol. The van der Waals surface area contributed by atoms with Crippen LogP contribution < -0.4 is 4.74 Å². The maximum atomic E-state index is 8.86. The zero-order chi connectivity index (χ0) is 12.7. The summed E-state index contributed by atoms with van der Waals surface area (Å²) in [5, 5.41) is 8.86. The Balaban J connectivity index is 2.73. The van der Waals surface area contributed by atoms with E-state index < -0.39 is 0 Å². The van der Waals surface area contributed by atoms with Crippen LogP contribution in [0.3, 0.4) is 0 Å². The molecule has 17 heavy (non-hydrogen) atoms. The summed E-state index contributed by atoms with van der Waals surface area (Å²) in [6, 6.07) is 6.03. The number of halogens is 1. The lowest BCUT2D eigenvalue weighted by molar-refractivity contribution is 0.223. The highest BCUT2D eigenvalue weighted by Crippen LogP contribution is 2.24. The summed E-state index contributed by atoms with van der Waals surface area (Å²) in [6.07, 6.45) is 0.810. The van der Waals surface area contributed by atoms with E-state index in [0.29, 0.717) is 0 Å². The lowest BCUT2D eigenvalue weighted by Crippen LogP contribution is -2.24. The molecule has 1 rings (SSSR count). The van der Waals surface area contributed by atoms with Crippen molar-refractivity contribution in [3.05, 3.63) is 28.2 Å².